The molecule has 1 aromatic heterocycles. The van der Waals surface area contributed by atoms with Gasteiger partial charge >= 0.3 is 0 Å². The highest BCUT2D eigenvalue weighted by atomic mass is 32.2. The summed E-state index contributed by atoms with van der Waals surface area (Å²) in [5, 5.41) is 13.3. The lowest BCUT2D eigenvalue weighted by Gasteiger charge is -2.28. The lowest BCUT2D eigenvalue weighted by molar-refractivity contribution is -0.140. The molecule has 0 radical (unpaired) electrons. The van der Waals surface area contributed by atoms with E-state index >= 15 is 0 Å². The summed E-state index contributed by atoms with van der Waals surface area (Å²) in [6, 6.07) is 3.06. The summed E-state index contributed by atoms with van der Waals surface area (Å²) in [7, 11) is -3.85. The number of rotatable bonds is 7. The van der Waals surface area contributed by atoms with E-state index in [0.29, 0.717) is 47.4 Å². The summed E-state index contributed by atoms with van der Waals surface area (Å²) < 4.78 is 40.0. The smallest absolute Gasteiger partial charge is 0.259 e. The van der Waals surface area contributed by atoms with E-state index in [2.05, 4.69) is 15.0 Å². The zero-order chi connectivity index (χ0) is 34.4. The Bertz CT molecular complexity index is 1740. The van der Waals surface area contributed by atoms with Crippen molar-refractivity contribution in [2.75, 3.05) is 6.54 Å². The average molecular weight is 684 g/mol. The van der Waals surface area contributed by atoms with Crippen molar-refractivity contribution in [3.63, 3.8) is 0 Å². The molecule has 0 bridgehead atoms. The second-order valence-electron chi connectivity index (χ2n) is 13.8. The Morgan fingerprint density at radius 1 is 1.19 bits per heavy atom. The maximum Gasteiger partial charge on any atom is 0.259 e. The molecule has 0 spiro atoms. The van der Waals surface area contributed by atoms with Crippen LogP contribution in [-0.2, 0) is 24.4 Å². The maximum atomic E-state index is 14.1. The Kier molecular flexibility index (Phi) is 9.33. The summed E-state index contributed by atoms with van der Waals surface area (Å²) in [5.41, 5.74) is 5.98. The number of phenolic OH excluding ortho intramolecular Hbond substituents is 1. The molecule has 260 valence electrons. The molecule has 5 atom stereocenters. The van der Waals surface area contributed by atoms with Gasteiger partial charge in [0.05, 0.1) is 29.5 Å². The van der Waals surface area contributed by atoms with Crippen LogP contribution < -0.4 is 25.2 Å². The zero-order valence-electron chi connectivity index (χ0n) is 27.6. The van der Waals surface area contributed by atoms with Crippen molar-refractivity contribution in [1.29, 1.82) is 0 Å². The predicted octanol–water partition coefficient (Wildman–Crippen LogP) is 2.72. The maximum absolute atomic E-state index is 14.1. The third-order valence-corrected chi connectivity index (χ3v) is 11.5. The van der Waals surface area contributed by atoms with E-state index in [9.17, 15) is 27.9 Å². The van der Waals surface area contributed by atoms with Gasteiger partial charge in [-0.05, 0) is 71.4 Å². The summed E-state index contributed by atoms with van der Waals surface area (Å²) >= 11 is 0. The first kappa shape index (κ1) is 34.0. The van der Waals surface area contributed by atoms with Crippen molar-refractivity contribution in [2.24, 2.45) is 11.7 Å². The van der Waals surface area contributed by atoms with Crippen molar-refractivity contribution in [2.45, 2.75) is 114 Å². The number of aromatic hydroxyl groups is 1. The molecule has 2 aliphatic carbocycles. The van der Waals surface area contributed by atoms with E-state index < -0.39 is 50.8 Å². The number of amides is 3. The van der Waals surface area contributed by atoms with Gasteiger partial charge in [0, 0.05) is 29.4 Å². The van der Waals surface area contributed by atoms with Crippen LogP contribution in [0.2, 0.25) is 0 Å². The van der Waals surface area contributed by atoms with Crippen molar-refractivity contribution < 1.29 is 37.4 Å². The highest BCUT2D eigenvalue weighted by Gasteiger charge is 2.62. The number of ether oxygens (including phenoxy) is 2. The van der Waals surface area contributed by atoms with Gasteiger partial charge in [0.2, 0.25) is 27.7 Å². The van der Waals surface area contributed by atoms with Crippen LogP contribution >= 0.6 is 0 Å². The van der Waals surface area contributed by atoms with Gasteiger partial charge in [0.1, 0.15) is 29.2 Å². The molecule has 13 nitrogen and oxygen atoms in total. The van der Waals surface area contributed by atoms with Crippen molar-refractivity contribution in [1.82, 2.24) is 19.9 Å². The Hall–Kier alpha value is -3.91. The van der Waals surface area contributed by atoms with Gasteiger partial charge in [0.25, 0.3) is 5.91 Å². The molecule has 1 aromatic carbocycles. The summed E-state index contributed by atoms with van der Waals surface area (Å²) in [6.45, 7) is 5.54. The van der Waals surface area contributed by atoms with Gasteiger partial charge in [-0.3, -0.25) is 19.1 Å². The number of nitrogens with zero attached hydrogens (tertiary/aromatic N) is 2. The number of benzene rings is 1. The van der Waals surface area contributed by atoms with Crippen LogP contribution in [0.3, 0.4) is 0 Å². The first-order valence-corrected chi connectivity index (χ1v) is 18.4. The van der Waals surface area contributed by atoms with Crippen LogP contribution in [0, 0.1) is 12.8 Å². The third kappa shape index (κ3) is 6.95. The van der Waals surface area contributed by atoms with E-state index in [0.717, 1.165) is 25.7 Å². The molecule has 1 saturated heterocycles. The highest BCUT2D eigenvalue weighted by molar-refractivity contribution is 7.91. The van der Waals surface area contributed by atoms with Crippen molar-refractivity contribution >= 4 is 38.6 Å². The van der Waals surface area contributed by atoms with E-state index in [-0.39, 0.29) is 43.1 Å². The topological polar surface area (TPSA) is 190 Å². The number of hydrogen-bond donors (Lipinski definition) is 4. The average Bonchev–Trinajstić information content (AvgIpc) is 3.95. The quantitative estimate of drug-likeness (QED) is 0.316. The van der Waals surface area contributed by atoms with Crippen molar-refractivity contribution in [3.05, 3.63) is 35.9 Å². The summed E-state index contributed by atoms with van der Waals surface area (Å²) in [4.78, 5) is 47.5. The van der Waals surface area contributed by atoms with Gasteiger partial charge in [-0.25, -0.2) is 13.4 Å². The molecule has 2 aliphatic heterocycles. The largest absolute Gasteiger partial charge is 0.508 e. The molecule has 5 N–H and O–H groups in total. The van der Waals surface area contributed by atoms with E-state index in [1.807, 2.05) is 26.0 Å². The van der Waals surface area contributed by atoms with Gasteiger partial charge < -0.3 is 30.5 Å². The standard InChI is InChI=1S/C34H45N5O8S/c1-19(2)46-29-16-28(24-13-14-27(40)20(3)30(24)36-29)47-22-15-26-31(41)37-34(33(43)38-48(44,45)23-11-12-23)17-21(34)9-7-5-4-6-8-10-25(35)32(42)39(26)18-22/h7,9,13-14,16,19,21-23,25-26,40H,4-6,8,10-12,15,17-18,35H2,1-3H3,(H,37,41)(H,38,43). The van der Waals surface area contributed by atoms with Gasteiger partial charge in [-0.1, -0.05) is 25.0 Å². The molecule has 5 unspecified atom stereocenters. The fourth-order valence-electron chi connectivity index (χ4n) is 6.69. The zero-order valence-corrected chi connectivity index (χ0v) is 28.4. The molecular formula is C34H45N5O8S. The Morgan fingerprint density at radius 2 is 1.96 bits per heavy atom. The van der Waals surface area contributed by atoms with Gasteiger partial charge in [-0.15, -0.1) is 0 Å². The number of allylic oxidation sites excluding steroid dienone is 1. The highest BCUT2D eigenvalue weighted by Crippen LogP contribution is 2.46. The fourth-order valence-corrected chi connectivity index (χ4v) is 8.05. The normalized spacial score (nSPS) is 28.2. The number of fused-ring (bicyclic) bond motifs is 3. The summed E-state index contributed by atoms with van der Waals surface area (Å²) in [5.74, 6) is -1.33. The lowest BCUT2D eigenvalue weighted by Crippen LogP contribution is -2.57. The predicted molar refractivity (Wildman–Crippen MR) is 178 cm³/mol. The minimum absolute atomic E-state index is 0.0600. The number of nitrogens with two attached hydrogens (primary N) is 1. The number of carbonyl (C=O) groups is 3. The molecule has 4 aliphatic rings. The van der Waals surface area contributed by atoms with Crippen LogP contribution in [0.15, 0.2) is 30.4 Å². The molecule has 3 fully saturated rings. The molecule has 3 amide bonds. The van der Waals surface area contributed by atoms with Crippen LogP contribution in [0.4, 0.5) is 0 Å². The summed E-state index contributed by atoms with van der Waals surface area (Å²) in [6.07, 6.45) is 8.04. The number of phenols is 1. The van der Waals surface area contributed by atoms with Crippen LogP contribution in [0.1, 0.15) is 77.2 Å². The van der Waals surface area contributed by atoms with Gasteiger partial charge in [0.15, 0.2) is 0 Å². The van der Waals surface area contributed by atoms with E-state index in [4.69, 9.17) is 15.2 Å². The Morgan fingerprint density at radius 3 is 2.69 bits per heavy atom. The second-order valence-corrected chi connectivity index (χ2v) is 15.8. The van der Waals surface area contributed by atoms with Crippen LogP contribution in [-0.4, -0.2) is 82.8 Å². The third-order valence-electron chi connectivity index (χ3n) is 9.68. The number of aromatic nitrogens is 1. The molecule has 6 rings (SSSR count). The Labute approximate surface area is 280 Å². The minimum atomic E-state index is -3.85. The van der Waals surface area contributed by atoms with Crippen LogP contribution in [0.5, 0.6) is 17.4 Å². The molecule has 2 aromatic rings. The number of pyridine rings is 1. The number of carbonyl (C=O) groups excluding carboxylic acids is 3. The second kappa shape index (κ2) is 13.2. The van der Waals surface area contributed by atoms with E-state index in [1.165, 1.54) is 4.90 Å². The number of hydrogen-bond acceptors (Lipinski definition) is 10. The van der Waals surface area contributed by atoms with Crippen LogP contribution in [0.25, 0.3) is 10.9 Å². The number of nitrogens with one attached hydrogen (secondary N) is 2. The molecule has 2 saturated carbocycles. The SMILES string of the molecule is Cc1c(O)ccc2c(OC3CC4C(=O)NC5(C(=O)NS(=O)(=O)C6CC6)CC5C=CCCCCCC(N)C(=O)N4C3)cc(OC(C)C)nc12. The molecular weight excluding hydrogens is 638 g/mol. The fraction of sp³-hybridized carbons (Fsp3) is 0.588. The van der Waals surface area contributed by atoms with Crippen molar-refractivity contribution in [3.8, 4) is 17.4 Å². The molecule has 48 heavy (non-hydrogen) atoms. The number of aryl methyl sites for hydroxylation is 1. The first-order chi connectivity index (χ1) is 22.8. The minimum Gasteiger partial charge on any atom is -0.508 e. The molecule has 14 heteroatoms. The monoisotopic (exact) mass is 683 g/mol. The van der Waals surface area contributed by atoms with E-state index in [1.54, 1.807) is 25.1 Å². The van der Waals surface area contributed by atoms with Gasteiger partial charge in [-0.2, -0.15) is 0 Å². The lowest BCUT2D eigenvalue weighted by atomic mass is 10.1. The molecule has 3 heterocycles. The number of sulfonamides is 1. The first-order valence-electron chi connectivity index (χ1n) is 16.9. The Balaban J connectivity index is 1.30.